The molecular formula is C10H16N. The fourth-order valence-electron chi connectivity index (χ4n) is 1.44. The normalized spacial score (nSPS) is 19.6. The largest absolute Gasteiger partial charge is 0.303 e. The zero-order chi connectivity index (χ0) is 7.94. The molecule has 0 aromatic rings. The van der Waals surface area contributed by atoms with Gasteiger partial charge in [-0.25, -0.2) is 0 Å². The van der Waals surface area contributed by atoms with Gasteiger partial charge in [0.1, 0.15) is 0 Å². The van der Waals surface area contributed by atoms with Crippen LogP contribution in [-0.4, -0.2) is 24.5 Å². The van der Waals surface area contributed by atoms with Crippen LogP contribution in [0.5, 0.6) is 0 Å². The third-order valence-corrected chi connectivity index (χ3v) is 2.06. The van der Waals surface area contributed by atoms with Crippen molar-refractivity contribution in [3.8, 4) is 0 Å². The monoisotopic (exact) mass is 150 g/mol. The van der Waals surface area contributed by atoms with Crippen molar-refractivity contribution in [3.05, 3.63) is 24.8 Å². The van der Waals surface area contributed by atoms with Gasteiger partial charge in [-0.3, -0.25) is 0 Å². The molecule has 1 nitrogen and oxygen atoms in total. The number of hydrogen-bond donors (Lipinski definition) is 0. The van der Waals surface area contributed by atoms with Crippen molar-refractivity contribution >= 4 is 0 Å². The summed E-state index contributed by atoms with van der Waals surface area (Å²) < 4.78 is 0. The molecule has 0 unspecified atom stereocenters. The van der Waals surface area contributed by atoms with Gasteiger partial charge in [0.25, 0.3) is 0 Å². The van der Waals surface area contributed by atoms with Crippen LogP contribution in [0.4, 0.5) is 0 Å². The van der Waals surface area contributed by atoms with Gasteiger partial charge in [0.15, 0.2) is 0 Å². The molecule has 1 heterocycles. The van der Waals surface area contributed by atoms with Gasteiger partial charge in [-0.2, -0.15) is 0 Å². The van der Waals surface area contributed by atoms with Crippen molar-refractivity contribution in [2.24, 2.45) is 0 Å². The SMILES string of the molecule is [CH]=CC=CCCN1CCCC1. The van der Waals surface area contributed by atoms with E-state index in [9.17, 15) is 0 Å². The van der Waals surface area contributed by atoms with Crippen LogP contribution in [0, 0.1) is 6.58 Å². The number of hydrogen-bond acceptors (Lipinski definition) is 1. The molecule has 1 aliphatic rings. The molecule has 0 aromatic heterocycles. The lowest BCUT2D eigenvalue weighted by molar-refractivity contribution is 0.346. The zero-order valence-corrected chi connectivity index (χ0v) is 7.00. The molecule has 0 aromatic carbocycles. The van der Waals surface area contributed by atoms with Gasteiger partial charge in [-0.1, -0.05) is 24.8 Å². The molecule has 0 N–H and O–H groups in total. The average molecular weight is 150 g/mol. The van der Waals surface area contributed by atoms with E-state index in [2.05, 4.69) is 11.0 Å². The first-order valence-electron chi connectivity index (χ1n) is 4.36. The molecule has 0 bridgehead atoms. The van der Waals surface area contributed by atoms with Gasteiger partial charge in [-0.05, 0) is 32.4 Å². The minimum atomic E-state index is 1.13. The van der Waals surface area contributed by atoms with Crippen molar-refractivity contribution in [1.82, 2.24) is 4.90 Å². The second-order valence-corrected chi connectivity index (χ2v) is 2.96. The Hall–Kier alpha value is -0.560. The van der Waals surface area contributed by atoms with E-state index in [0.717, 1.165) is 6.42 Å². The van der Waals surface area contributed by atoms with Crippen LogP contribution in [0.15, 0.2) is 18.2 Å². The van der Waals surface area contributed by atoms with Crippen LogP contribution in [-0.2, 0) is 0 Å². The van der Waals surface area contributed by atoms with Gasteiger partial charge in [0, 0.05) is 6.54 Å². The predicted molar refractivity (Wildman–Crippen MR) is 48.3 cm³/mol. The Morgan fingerprint density at radius 2 is 2.00 bits per heavy atom. The van der Waals surface area contributed by atoms with E-state index in [4.69, 9.17) is 6.58 Å². The van der Waals surface area contributed by atoms with Crippen molar-refractivity contribution < 1.29 is 0 Å². The standard InChI is InChI=1S/C10H16N/c1-2-3-4-5-8-11-9-6-7-10-11/h1-4H,5-10H2. The molecule has 61 valence electrons. The molecule has 0 spiro atoms. The van der Waals surface area contributed by atoms with Crippen molar-refractivity contribution in [1.29, 1.82) is 0 Å². The lowest BCUT2D eigenvalue weighted by Gasteiger charge is -2.11. The average Bonchev–Trinajstić information content (AvgIpc) is 2.50. The quantitative estimate of drug-likeness (QED) is 0.554. The molecule has 1 heteroatoms. The van der Waals surface area contributed by atoms with E-state index >= 15 is 0 Å². The van der Waals surface area contributed by atoms with Crippen LogP contribution in [0.25, 0.3) is 0 Å². The van der Waals surface area contributed by atoms with Crippen molar-refractivity contribution in [3.63, 3.8) is 0 Å². The summed E-state index contributed by atoms with van der Waals surface area (Å²) in [5.41, 5.74) is 0. The van der Waals surface area contributed by atoms with Gasteiger partial charge in [-0.15, -0.1) is 0 Å². The molecule has 0 saturated carbocycles. The van der Waals surface area contributed by atoms with Crippen LogP contribution < -0.4 is 0 Å². The highest BCUT2D eigenvalue weighted by atomic mass is 15.1. The molecule has 1 aliphatic heterocycles. The summed E-state index contributed by atoms with van der Waals surface area (Å²) >= 11 is 0. The third kappa shape index (κ3) is 3.38. The number of rotatable bonds is 4. The van der Waals surface area contributed by atoms with Crippen molar-refractivity contribution in [2.45, 2.75) is 19.3 Å². The first kappa shape index (κ1) is 8.54. The molecule has 0 amide bonds. The van der Waals surface area contributed by atoms with E-state index in [0.29, 0.717) is 0 Å². The highest BCUT2D eigenvalue weighted by Gasteiger charge is 2.08. The molecule has 1 radical (unpaired) electrons. The van der Waals surface area contributed by atoms with Gasteiger partial charge in [0.2, 0.25) is 0 Å². The Bertz CT molecular complexity index is 132. The second kappa shape index (κ2) is 5.14. The highest BCUT2D eigenvalue weighted by Crippen LogP contribution is 2.07. The summed E-state index contributed by atoms with van der Waals surface area (Å²) in [5.74, 6) is 0. The molecular weight excluding hydrogens is 134 g/mol. The van der Waals surface area contributed by atoms with E-state index in [-0.39, 0.29) is 0 Å². The molecule has 0 atom stereocenters. The Morgan fingerprint density at radius 3 is 2.64 bits per heavy atom. The maximum Gasteiger partial charge on any atom is 0.00160 e. The summed E-state index contributed by atoms with van der Waals surface area (Å²) in [6.45, 7) is 8.98. The third-order valence-electron chi connectivity index (χ3n) is 2.06. The van der Waals surface area contributed by atoms with Crippen LogP contribution in [0.1, 0.15) is 19.3 Å². The topological polar surface area (TPSA) is 3.24 Å². The lowest BCUT2D eigenvalue weighted by atomic mass is 10.3. The van der Waals surface area contributed by atoms with Gasteiger partial charge < -0.3 is 4.90 Å². The van der Waals surface area contributed by atoms with Gasteiger partial charge in [0.05, 0.1) is 0 Å². The van der Waals surface area contributed by atoms with Crippen LogP contribution in [0.3, 0.4) is 0 Å². The van der Waals surface area contributed by atoms with E-state index in [1.807, 2.05) is 6.08 Å². The maximum absolute atomic E-state index is 5.20. The summed E-state index contributed by atoms with van der Waals surface area (Å²) in [7, 11) is 0. The van der Waals surface area contributed by atoms with E-state index < -0.39 is 0 Å². The predicted octanol–water partition coefficient (Wildman–Crippen LogP) is 2.02. The zero-order valence-electron chi connectivity index (χ0n) is 7.00. The van der Waals surface area contributed by atoms with Crippen LogP contribution in [0.2, 0.25) is 0 Å². The van der Waals surface area contributed by atoms with Crippen molar-refractivity contribution in [2.75, 3.05) is 19.6 Å². The second-order valence-electron chi connectivity index (χ2n) is 2.96. The Kier molecular flexibility index (Phi) is 3.99. The van der Waals surface area contributed by atoms with Gasteiger partial charge >= 0.3 is 0 Å². The number of allylic oxidation sites excluding steroid dienone is 2. The summed E-state index contributed by atoms with van der Waals surface area (Å²) in [6.07, 6.45) is 9.52. The van der Waals surface area contributed by atoms with E-state index in [1.165, 1.54) is 32.5 Å². The minimum absolute atomic E-state index is 1.13. The lowest BCUT2D eigenvalue weighted by Crippen LogP contribution is -2.19. The molecule has 1 rings (SSSR count). The summed E-state index contributed by atoms with van der Waals surface area (Å²) in [5, 5.41) is 0. The fraction of sp³-hybridized carbons (Fsp3) is 0.600. The van der Waals surface area contributed by atoms with Crippen LogP contribution >= 0.6 is 0 Å². The Balaban J connectivity index is 2.01. The molecule has 1 saturated heterocycles. The Labute approximate surface area is 69.4 Å². The van der Waals surface area contributed by atoms with E-state index in [1.54, 1.807) is 6.08 Å². The highest BCUT2D eigenvalue weighted by molar-refractivity contribution is 4.95. The maximum atomic E-state index is 5.20. The number of likely N-dealkylation sites (tertiary alicyclic amines) is 1. The first-order chi connectivity index (χ1) is 5.43. The first-order valence-corrected chi connectivity index (χ1v) is 4.36. The molecule has 11 heavy (non-hydrogen) atoms. The fourth-order valence-corrected chi connectivity index (χ4v) is 1.44. The summed E-state index contributed by atoms with van der Waals surface area (Å²) in [6, 6.07) is 0. The number of nitrogens with zero attached hydrogens (tertiary/aromatic N) is 1. The minimum Gasteiger partial charge on any atom is -0.303 e. The smallest absolute Gasteiger partial charge is 0.00160 e. The summed E-state index contributed by atoms with van der Waals surface area (Å²) in [4.78, 5) is 2.50. The Morgan fingerprint density at radius 1 is 1.27 bits per heavy atom. The molecule has 0 aliphatic carbocycles. The molecule has 1 fully saturated rings.